The molecule has 2 aromatic rings. The Balaban J connectivity index is 1.70. The predicted octanol–water partition coefficient (Wildman–Crippen LogP) is 4.86. The van der Waals surface area contributed by atoms with Gasteiger partial charge in [-0.1, -0.05) is 55.2 Å². The molecule has 0 aliphatic heterocycles. The van der Waals surface area contributed by atoms with Crippen molar-refractivity contribution in [2.24, 2.45) is 0 Å². The van der Waals surface area contributed by atoms with Crippen LogP contribution in [0.3, 0.4) is 0 Å². The molecule has 5 nitrogen and oxygen atoms in total. The molecule has 172 valence electrons. The summed E-state index contributed by atoms with van der Waals surface area (Å²) < 4.78 is 5.80. The minimum absolute atomic E-state index is 0.0939. The molecule has 1 aliphatic rings. The number of rotatable bonds is 8. The van der Waals surface area contributed by atoms with Gasteiger partial charge in [-0.05, 0) is 69.4 Å². The summed E-state index contributed by atoms with van der Waals surface area (Å²) in [6, 6.07) is 13.5. The van der Waals surface area contributed by atoms with E-state index in [-0.39, 0.29) is 24.5 Å². The van der Waals surface area contributed by atoms with Crippen LogP contribution in [0.4, 0.5) is 0 Å². The minimum atomic E-state index is -0.575. The van der Waals surface area contributed by atoms with Gasteiger partial charge in [-0.3, -0.25) is 9.59 Å². The second-order valence-corrected chi connectivity index (χ2v) is 9.06. The third kappa shape index (κ3) is 6.59. The Bertz CT molecular complexity index is 917. The Kier molecular flexibility index (Phi) is 8.32. The smallest absolute Gasteiger partial charge is 0.261 e. The number of carbonyl (C=O) groups excluding carboxylic acids is 2. The van der Waals surface area contributed by atoms with Crippen LogP contribution in [0.25, 0.3) is 0 Å². The van der Waals surface area contributed by atoms with Crippen LogP contribution in [0.2, 0.25) is 0 Å². The van der Waals surface area contributed by atoms with E-state index in [1.165, 1.54) is 12.0 Å². The van der Waals surface area contributed by atoms with Gasteiger partial charge >= 0.3 is 0 Å². The molecule has 0 aromatic heterocycles. The molecule has 1 saturated carbocycles. The first-order valence-electron chi connectivity index (χ1n) is 11.7. The van der Waals surface area contributed by atoms with Crippen LogP contribution >= 0.6 is 0 Å². The van der Waals surface area contributed by atoms with Crippen molar-refractivity contribution in [2.45, 2.75) is 78.4 Å². The second-order valence-electron chi connectivity index (χ2n) is 9.06. The minimum Gasteiger partial charge on any atom is -0.484 e. The molecule has 0 bridgehead atoms. The van der Waals surface area contributed by atoms with Crippen LogP contribution in [0.15, 0.2) is 42.5 Å². The lowest BCUT2D eigenvalue weighted by atomic mass is 9.95. The van der Waals surface area contributed by atoms with Gasteiger partial charge in [0.2, 0.25) is 5.91 Å². The van der Waals surface area contributed by atoms with E-state index in [1.54, 1.807) is 11.8 Å². The molecule has 0 radical (unpaired) electrons. The number of nitrogens with one attached hydrogen (secondary N) is 1. The number of ether oxygens (including phenoxy) is 1. The van der Waals surface area contributed by atoms with Crippen LogP contribution in [0.5, 0.6) is 5.75 Å². The highest BCUT2D eigenvalue weighted by molar-refractivity contribution is 5.88. The molecule has 2 amide bonds. The lowest BCUT2D eigenvalue weighted by Crippen LogP contribution is -2.51. The summed E-state index contributed by atoms with van der Waals surface area (Å²) in [4.78, 5) is 27.8. The van der Waals surface area contributed by atoms with Gasteiger partial charge in [-0.15, -0.1) is 0 Å². The van der Waals surface area contributed by atoms with Crippen LogP contribution in [0, 0.1) is 20.8 Å². The van der Waals surface area contributed by atoms with E-state index in [2.05, 4.69) is 5.32 Å². The van der Waals surface area contributed by atoms with Gasteiger partial charge in [0.1, 0.15) is 11.8 Å². The quantitative estimate of drug-likeness (QED) is 0.643. The molecule has 0 saturated heterocycles. The van der Waals surface area contributed by atoms with E-state index in [9.17, 15) is 9.59 Å². The maximum atomic E-state index is 13.2. The Hall–Kier alpha value is -2.82. The van der Waals surface area contributed by atoms with E-state index in [0.29, 0.717) is 12.3 Å². The SMILES string of the molecule is Cc1ccc(CN(C(=O)COc2ccc(C)c(C)c2)C(C)C(=O)NC2CCCCC2)cc1. The molecule has 1 N–H and O–H groups in total. The average Bonchev–Trinajstić information content (AvgIpc) is 2.79. The lowest BCUT2D eigenvalue weighted by Gasteiger charge is -2.31. The average molecular weight is 437 g/mol. The van der Waals surface area contributed by atoms with Crippen molar-refractivity contribution in [3.8, 4) is 5.75 Å². The zero-order valence-corrected chi connectivity index (χ0v) is 19.8. The van der Waals surface area contributed by atoms with E-state index in [0.717, 1.165) is 42.4 Å². The lowest BCUT2D eigenvalue weighted by molar-refractivity contribution is -0.142. The van der Waals surface area contributed by atoms with Gasteiger partial charge in [-0.2, -0.15) is 0 Å². The Labute approximate surface area is 192 Å². The standard InChI is InChI=1S/C27H36N2O3/c1-19-10-13-23(14-11-19)17-29(22(4)27(31)28-24-8-6-5-7-9-24)26(30)18-32-25-15-12-20(2)21(3)16-25/h10-16,22,24H,5-9,17-18H2,1-4H3,(H,28,31). The number of aryl methyl sites for hydroxylation is 3. The molecule has 5 heteroatoms. The monoisotopic (exact) mass is 436 g/mol. The summed E-state index contributed by atoms with van der Waals surface area (Å²) in [5, 5.41) is 3.16. The molecule has 3 rings (SSSR count). The summed E-state index contributed by atoms with van der Waals surface area (Å²) in [6.07, 6.45) is 5.56. The zero-order valence-electron chi connectivity index (χ0n) is 19.8. The van der Waals surface area contributed by atoms with Crippen LogP contribution in [0.1, 0.15) is 61.3 Å². The number of nitrogens with zero attached hydrogens (tertiary/aromatic N) is 1. The first kappa shape index (κ1) is 23.8. The second kappa shape index (κ2) is 11.2. The molecule has 2 aromatic carbocycles. The van der Waals surface area contributed by atoms with Crippen molar-refractivity contribution in [1.29, 1.82) is 0 Å². The maximum Gasteiger partial charge on any atom is 0.261 e. The van der Waals surface area contributed by atoms with Gasteiger partial charge in [0.25, 0.3) is 5.91 Å². The van der Waals surface area contributed by atoms with Gasteiger partial charge < -0.3 is 15.0 Å². The predicted molar refractivity (Wildman–Crippen MR) is 128 cm³/mol. The fraction of sp³-hybridized carbons (Fsp3) is 0.481. The summed E-state index contributed by atoms with van der Waals surface area (Å²) in [7, 11) is 0. The molecule has 1 fully saturated rings. The van der Waals surface area contributed by atoms with Gasteiger partial charge in [0.15, 0.2) is 6.61 Å². The number of carbonyl (C=O) groups is 2. The van der Waals surface area contributed by atoms with Gasteiger partial charge in [0.05, 0.1) is 0 Å². The van der Waals surface area contributed by atoms with E-state index < -0.39 is 6.04 Å². The van der Waals surface area contributed by atoms with E-state index in [1.807, 2.05) is 63.2 Å². The summed E-state index contributed by atoms with van der Waals surface area (Å²) in [5.74, 6) is 0.370. The van der Waals surface area contributed by atoms with Crippen LogP contribution in [-0.4, -0.2) is 35.4 Å². The number of hydrogen-bond donors (Lipinski definition) is 1. The number of hydrogen-bond acceptors (Lipinski definition) is 3. The third-order valence-electron chi connectivity index (χ3n) is 6.43. The van der Waals surface area contributed by atoms with Crippen molar-refractivity contribution in [1.82, 2.24) is 10.2 Å². The highest BCUT2D eigenvalue weighted by atomic mass is 16.5. The van der Waals surface area contributed by atoms with Crippen molar-refractivity contribution in [2.75, 3.05) is 6.61 Å². The molecule has 1 atom stereocenters. The van der Waals surface area contributed by atoms with Crippen LogP contribution < -0.4 is 10.1 Å². The maximum absolute atomic E-state index is 13.2. The molecular weight excluding hydrogens is 400 g/mol. The summed E-state index contributed by atoms with van der Waals surface area (Å²) >= 11 is 0. The molecule has 1 aliphatic carbocycles. The first-order chi connectivity index (χ1) is 15.3. The highest BCUT2D eigenvalue weighted by Gasteiger charge is 2.28. The van der Waals surface area contributed by atoms with Crippen molar-refractivity contribution in [3.05, 3.63) is 64.7 Å². The van der Waals surface area contributed by atoms with Crippen LogP contribution in [-0.2, 0) is 16.1 Å². The Morgan fingerprint density at radius 1 is 1.00 bits per heavy atom. The van der Waals surface area contributed by atoms with E-state index >= 15 is 0 Å². The summed E-state index contributed by atoms with van der Waals surface area (Å²) in [6.45, 7) is 8.17. The highest BCUT2D eigenvalue weighted by Crippen LogP contribution is 2.19. The molecular formula is C27H36N2O3. The Morgan fingerprint density at radius 3 is 2.34 bits per heavy atom. The zero-order chi connectivity index (χ0) is 23.1. The molecule has 0 heterocycles. The first-order valence-corrected chi connectivity index (χ1v) is 11.7. The third-order valence-corrected chi connectivity index (χ3v) is 6.43. The number of benzene rings is 2. The van der Waals surface area contributed by atoms with Crippen molar-refractivity contribution < 1.29 is 14.3 Å². The van der Waals surface area contributed by atoms with Gasteiger partial charge in [-0.25, -0.2) is 0 Å². The topological polar surface area (TPSA) is 58.6 Å². The van der Waals surface area contributed by atoms with Crippen molar-refractivity contribution >= 4 is 11.8 Å². The molecule has 1 unspecified atom stereocenters. The normalized spacial score (nSPS) is 15.1. The van der Waals surface area contributed by atoms with E-state index in [4.69, 9.17) is 4.74 Å². The Morgan fingerprint density at radius 2 is 1.69 bits per heavy atom. The fourth-order valence-electron chi connectivity index (χ4n) is 4.07. The largest absolute Gasteiger partial charge is 0.484 e. The van der Waals surface area contributed by atoms with Crippen molar-refractivity contribution in [3.63, 3.8) is 0 Å². The molecule has 32 heavy (non-hydrogen) atoms. The molecule has 0 spiro atoms. The van der Waals surface area contributed by atoms with Gasteiger partial charge in [0, 0.05) is 12.6 Å². The summed E-state index contributed by atoms with van der Waals surface area (Å²) in [5.41, 5.74) is 4.45. The number of amides is 2. The fourth-order valence-corrected chi connectivity index (χ4v) is 4.07.